The van der Waals surface area contributed by atoms with Crippen LogP contribution in [0.4, 0.5) is 13.2 Å². The summed E-state index contributed by atoms with van der Waals surface area (Å²) in [5.41, 5.74) is 0.881. The zero-order valence-electron chi connectivity index (χ0n) is 10.3. The predicted octanol–water partition coefficient (Wildman–Crippen LogP) is 1.48. The summed E-state index contributed by atoms with van der Waals surface area (Å²) < 4.78 is 38.5. The van der Waals surface area contributed by atoms with Gasteiger partial charge in [-0.05, 0) is 24.1 Å². The monoisotopic (exact) mass is 272 g/mol. The molecular weight excluding hydrogens is 257 g/mol. The lowest BCUT2D eigenvalue weighted by atomic mass is 10.1. The summed E-state index contributed by atoms with van der Waals surface area (Å²) in [7, 11) is 0. The van der Waals surface area contributed by atoms with Crippen LogP contribution in [0.25, 0.3) is 0 Å². The van der Waals surface area contributed by atoms with Gasteiger partial charge in [-0.3, -0.25) is 10.1 Å². The third kappa shape index (κ3) is 3.96. The zero-order chi connectivity index (χ0) is 13.9. The molecule has 0 spiro atoms. The molecule has 2 N–H and O–H groups in total. The first-order valence-electron chi connectivity index (χ1n) is 6.10. The summed E-state index contributed by atoms with van der Waals surface area (Å²) in [5, 5.41) is 5.09. The Balaban J connectivity index is 1.74. The van der Waals surface area contributed by atoms with Gasteiger partial charge in [-0.25, -0.2) is 13.2 Å². The fourth-order valence-electron chi connectivity index (χ4n) is 2.01. The van der Waals surface area contributed by atoms with Crippen LogP contribution in [0.1, 0.15) is 12.0 Å². The number of hydrogen-bond acceptors (Lipinski definition) is 2. The van der Waals surface area contributed by atoms with E-state index in [-0.39, 0.29) is 5.82 Å². The normalized spacial score (nSPS) is 21.3. The number of rotatable bonds is 4. The average molecular weight is 272 g/mol. The minimum absolute atomic E-state index is 0.315. The number of alkyl halides is 2. The van der Waals surface area contributed by atoms with Gasteiger partial charge in [-0.15, -0.1) is 0 Å². The van der Waals surface area contributed by atoms with Crippen LogP contribution in [-0.4, -0.2) is 31.0 Å². The van der Waals surface area contributed by atoms with E-state index in [1.54, 1.807) is 12.1 Å². The molecule has 1 aliphatic heterocycles. The van der Waals surface area contributed by atoms with E-state index in [1.165, 1.54) is 12.1 Å². The summed E-state index contributed by atoms with van der Waals surface area (Å²) in [6.45, 7) is -0.114. The van der Waals surface area contributed by atoms with E-state index in [1.807, 2.05) is 0 Å². The lowest BCUT2D eigenvalue weighted by Crippen LogP contribution is -2.41. The number of nitrogens with one attached hydrogen (secondary N) is 2. The third-order valence-electron chi connectivity index (χ3n) is 3.05. The molecule has 1 amide bonds. The Morgan fingerprint density at radius 2 is 2.05 bits per heavy atom. The third-order valence-corrected chi connectivity index (χ3v) is 3.05. The van der Waals surface area contributed by atoms with E-state index in [0.29, 0.717) is 13.0 Å². The maximum Gasteiger partial charge on any atom is 0.262 e. The maximum absolute atomic E-state index is 12.9. The fourth-order valence-corrected chi connectivity index (χ4v) is 2.01. The second kappa shape index (κ2) is 5.61. The first kappa shape index (κ1) is 13.9. The number of amides is 1. The molecule has 1 aliphatic rings. The highest BCUT2D eigenvalue weighted by atomic mass is 19.3. The van der Waals surface area contributed by atoms with Crippen molar-refractivity contribution in [3.8, 4) is 0 Å². The van der Waals surface area contributed by atoms with Crippen molar-refractivity contribution in [2.75, 3.05) is 13.1 Å². The maximum atomic E-state index is 12.9. The molecule has 1 aromatic rings. The molecule has 6 heteroatoms. The molecule has 1 fully saturated rings. The molecule has 1 aromatic carbocycles. The molecule has 1 atom stereocenters. The summed E-state index contributed by atoms with van der Waals surface area (Å²) >= 11 is 0. The summed E-state index contributed by atoms with van der Waals surface area (Å²) in [4.78, 5) is 11.6. The highest BCUT2D eigenvalue weighted by Crippen LogP contribution is 2.24. The molecule has 1 unspecified atom stereocenters. The van der Waals surface area contributed by atoms with Crippen molar-refractivity contribution < 1.29 is 18.0 Å². The average Bonchev–Trinajstić information content (AvgIpc) is 2.72. The van der Waals surface area contributed by atoms with Gasteiger partial charge in [-0.1, -0.05) is 12.1 Å². The summed E-state index contributed by atoms with van der Waals surface area (Å²) in [6, 6.07) is 5.11. The number of benzene rings is 1. The predicted molar refractivity (Wildman–Crippen MR) is 64.5 cm³/mol. The molecule has 2 rings (SSSR count). The number of carbonyl (C=O) groups is 1. The van der Waals surface area contributed by atoms with Crippen LogP contribution < -0.4 is 10.6 Å². The fraction of sp³-hybridized carbons (Fsp3) is 0.462. The molecule has 104 valence electrons. The van der Waals surface area contributed by atoms with Crippen LogP contribution in [0.2, 0.25) is 0 Å². The first-order valence-corrected chi connectivity index (χ1v) is 6.10. The van der Waals surface area contributed by atoms with Crippen molar-refractivity contribution in [1.29, 1.82) is 0 Å². The lowest BCUT2D eigenvalue weighted by molar-refractivity contribution is -0.123. The summed E-state index contributed by atoms with van der Waals surface area (Å²) in [6.07, 6.45) is 0.0739. The lowest BCUT2D eigenvalue weighted by Gasteiger charge is -2.11. The van der Waals surface area contributed by atoms with Gasteiger partial charge in [0.05, 0.1) is 12.6 Å². The van der Waals surface area contributed by atoms with E-state index in [9.17, 15) is 18.0 Å². The van der Waals surface area contributed by atoms with Crippen LogP contribution in [0, 0.1) is 5.82 Å². The molecule has 3 nitrogen and oxygen atoms in total. The molecule has 0 aromatic heterocycles. The number of carbonyl (C=O) groups excluding carboxylic acids is 1. The van der Waals surface area contributed by atoms with Gasteiger partial charge in [0.15, 0.2) is 0 Å². The highest BCUT2D eigenvalue weighted by Gasteiger charge is 2.42. The standard InChI is InChI=1S/C13H15F3N2O/c14-10-3-1-9(2-4-10)5-6-17-12(19)11-7-13(15,16)8-18-11/h1-4,11,18H,5-8H2,(H,17,19). The van der Waals surface area contributed by atoms with E-state index >= 15 is 0 Å². The van der Waals surface area contributed by atoms with Gasteiger partial charge in [0.1, 0.15) is 5.82 Å². The van der Waals surface area contributed by atoms with Crippen molar-refractivity contribution in [2.24, 2.45) is 0 Å². The second-order valence-electron chi connectivity index (χ2n) is 4.66. The Morgan fingerprint density at radius 3 is 2.63 bits per heavy atom. The Morgan fingerprint density at radius 1 is 1.37 bits per heavy atom. The number of hydrogen-bond donors (Lipinski definition) is 2. The smallest absolute Gasteiger partial charge is 0.262 e. The molecule has 19 heavy (non-hydrogen) atoms. The Labute approximate surface area is 109 Å². The largest absolute Gasteiger partial charge is 0.354 e. The molecule has 0 bridgehead atoms. The van der Waals surface area contributed by atoms with Crippen molar-refractivity contribution in [3.63, 3.8) is 0 Å². The topological polar surface area (TPSA) is 41.1 Å². The van der Waals surface area contributed by atoms with Crippen LogP contribution in [-0.2, 0) is 11.2 Å². The zero-order valence-corrected chi connectivity index (χ0v) is 10.3. The van der Waals surface area contributed by atoms with Crippen molar-refractivity contribution in [3.05, 3.63) is 35.6 Å². The molecule has 1 heterocycles. The van der Waals surface area contributed by atoms with Crippen LogP contribution >= 0.6 is 0 Å². The number of halogens is 3. The van der Waals surface area contributed by atoms with Gasteiger partial charge in [0, 0.05) is 13.0 Å². The van der Waals surface area contributed by atoms with E-state index in [0.717, 1.165) is 5.56 Å². The highest BCUT2D eigenvalue weighted by molar-refractivity contribution is 5.82. The minimum Gasteiger partial charge on any atom is -0.354 e. The Bertz CT molecular complexity index is 448. The van der Waals surface area contributed by atoms with Crippen molar-refractivity contribution >= 4 is 5.91 Å². The van der Waals surface area contributed by atoms with Crippen molar-refractivity contribution in [1.82, 2.24) is 10.6 Å². The van der Waals surface area contributed by atoms with E-state index < -0.39 is 30.8 Å². The Hall–Kier alpha value is -1.56. The molecule has 0 radical (unpaired) electrons. The minimum atomic E-state index is -2.81. The van der Waals surface area contributed by atoms with E-state index in [2.05, 4.69) is 10.6 Å². The first-order chi connectivity index (χ1) is 8.96. The Kier molecular flexibility index (Phi) is 4.09. The van der Waals surface area contributed by atoms with Gasteiger partial charge in [-0.2, -0.15) is 0 Å². The van der Waals surface area contributed by atoms with Gasteiger partial charge in [0.2, 0.25) is 5.91 Å². The van der Waals surface area contributed by atoms with Gasteiger partial charge >= 0.3 is 0 Å². The molecular formula is C13H15F3N2O. The molecule has 0 saturated carbocycles. The van der Waals surface area contributed by atoms with Gasteiger partial charge in [0.25, 0.3) is 5.92 Å². The summed E-state index contributed by atoms with van der Waals surface area (Å²) in [5.74, 6) is -3.54. The van der Waals surface area contributed by atoms with E-state index in [4.69, 9.17) is 0 Å². The van der Waals surface area contributed by atoms with Crippen molar-refractivity contribution in [2.45, 2.75) is 24.8 Å². The van der Waals surface area contributed by atoms with Crippen LogP contribution in [0.5, 0.6) is 0 Å². The molecule has 0 aliphatic carbocycles. The van der Waals surface area contributed by atoms with Crippen LogP contribution in [0.15, 0.2) is 24.3 Å². The molecule has 1 saturated heterocycles. The van der Waals surface area contributed by atoms with Crippen LogP contribution in [0.3, 0.4) is 0 Å². The SMILES string of the molecule is O=C(NCCc1ccc(F)cc1)C1CC(F)(F)CN1. The van der Waals surface area contributed by atoms with Gasteiger partial charge < -0.3 is 5.32 Å². The quantitative estimate of drug-likeness (QED) is 0.871. The second-order valence-corrected chi connectivity index (χ2v) is 4.66.